The summed E-state index contributed by atoms with van der Waals surface area (Å²) in [5.41, 5.74) is 7.65. The first kappa shape index (κ1) is 29.6. The van der Waals surface area contributed by atoms with Gasteiger partial charge in [-0.2, -0.15) is 0 Å². The van der Waals surface area contributed by atoms with Gasteiger partial charge in [-0.05, 0) is 76.5 Å². The van der Waals surface area contributed by atoms with Crippen LogP contribution in [0.5, 0.6) is 23.0 Å². The molecular formula is C45H29N5O2. The molecule has 1 aliphatic heterocycles. The van der Waals surface area contributed by atoms with Crippen LogP contribution in [0.25, 0.3) is 60.9 Å². The highest BCUT2D eigenvalue weighted by Gasteiger charge is 2.23. The predicted molar refractivity (Wildman–Crippen MR) is 209 cm³/mol. The molecule has 9 aromatic rings. The number of ether oxygens (including phenoxy) is 2. The zero-order valence-electron chi connectivity index (χ0n) is 27.7. The van der Waals surface area contributed by atoms with Gasteiger partial charge in [-0.1, -0.05) is 103 Å². The smallest absolute Gasteiger partial charge is 0.235 e. The molecule has 7 nitrogen and oxygen atoms in total. The van der Waals surface area contributed by atoms with E-state index in [-0.39, 0.29) is 0 Å². The molecule has 7 heteroatoms. The SMILES string of the molecule is N=Cc1nc(-n2c3ccc(-c4ccc5c(c4)Oc4ccccc4O5)cc3c3c4ccccc4ccc32)nc(-c2ccccc2)c1Nc1ccccc1. The number of rotatable bonds is 6. The molecule has 2 N–H and O–H groups in total. The van der Waals surface area contributed by atoms with Gasteiger partial charge in [0.1, 0.15) is 11.4 Å². The molecule has 0 saturated heterocycles. The first-order valence-corrected chi connectivity index (χ1v) is 17.1. The Labute approximate surface area is 298 Å². The molecule has 0 bridgehead atoms. The summed E-state index contributed by atoms with van der Waals surface area (Å²) in [7, 11) is 0. The lowest BCUT2D eigenvalue weighted by atomic mass is 10.00. The monoisotopic (exact) mass is 671 g/mol. The zero-order valence-corrected chi connectivity index (χ0v) is 27.7. The third-order valence-electron chi connectivity index (χ3n) is 9.57. The molecule has 246 valence electrons. The molecule has 0 spiro atoms. The van der Waals surface area contributed by atoms with E-state index in [2.05, 4.69) is 70.5 Å². The van der Waals surface area contributed by atoms with Crippen LogP contribution in [0, 0.1) is 5.41 Å². The molecule has 2 aromatic heterocycles. The number of hydrogen-bond donors (Lipinski definition) is 2. The molecule has 0 unspecified atom stereocenters. The van der Waals surface area contributed by atoms with Crippen LogP contribution in [0.2, 0.25) is 0 Å². The number of anilines is 2. The highest BCUT2D eigenvalue weighted by Crippen LogP contribution is 2.47. The molecule has 0 radical (unpaired) electrons. The van der Waals surface area contributed by atoms with Gasteiger partial charge in [0.15, 0.2) is 23.0 Å². The topological polar surface area (TPSA) is 85.1 Å². The standard InChI is InChI=1S/C45H29N5O2/c46-27-35-44(47-32-14-5-2-6-15-32)43(29-12-3-1-4-13-29)49-45(48-35)50-36-22-20-30(25-34(36)42-33-16-8-7-11-28(33)19-23-37(42)50)31-21-24-40-41(26-31)52-39-18-10-9-17-38(39)51-40/h1-27,46-47H. The molecule has 3 heterocycles. The van der Waals surface area contributed by atoms with Crippen molar-refractivity contribution >= 4 is 50.2 Å². The second kappa shape index (κ2) is 12.0. The first-order chi connectivity index (χ1) is 25.7. The van der Waals surface area contributed by atoms with Crippen LogP contribution < -0.4 is 14.8 Å². The van der Waals surface area contributed by atoms with E-state index >= 15 is 0 Å². The Morgan fingerprint density at radius 3 is 2.00 bits per heavy atom. The Kier molecular flexibility index (Phi) is 6.82. The molecule has 0 saturated carbocycles. The van der Waals surface area contributed by atoms with Gasteiger partial charge < -0.3 is 20.2 Å². The fourth-order valence-electron chi connectivity index (χ4n) is 7.16. The summed E-state index contributed by atoms with van der Waals surface area (Å²) in [6, 6.07) is 53.0. The molecule has 10 rings (SSSR count). The summed E-state index contributed by atoms with van der Waals surface area (Å²) in [6.45, 7) is 0. The normalized spacial score (nSPS) is 11.8. The molecule has 0 amide bonds. The van der Waals surface area contributed by atoms with Gasteiger partial charge in [-0.3, -0.25) is 4.57 Å². The van der Waals surface area contributed by atoms with Crippen LogP contribution in [0.1, 0.15) is 5.69 Å². The van der Waals surface area contributed by atoms with Crippen molar-refractivity contribution < 1.29 is 9.47 Å². The number of hydrogen-bond acceptors (Lipinski definition) is 6. The minimum absolute atomic E-state index is 0.483. The van der Waals surface area contributed by atoms with E-state index in [4.69, 9.17) is 24.9 Å². The Balaban J connectivity index is 1.19. The Morgan fingerprint density at radius 2 is 1.19 bits per heavy atom. The zero-order chi connectivity index (χ0) is 34.6. The van der Waals surface area contributed by atoms with Crippen molar-refractivity contribution in [2.75, 3.05) is 5.32 Å². The molecule has 7 aromatic carbocycles. The van der Waals surface area contributed by atoms with E-state index in [1.807, 2.05) is 97.1 Å². The summed E-state index contributed by atoms with van der Waals surface area (Å²) < 4.78 is 14.5. The van der Waals surface area contributed by atoms with Crippen molar-refractivity contribution in [3.8, 4) is 51.3 Å². The highest BCUT2D eigenvalue weighted by atomic mass is 16.6. The van der Waals surface area contributed by atoms with Crippen molar-refractivity contribution in [1.82, 2.24) is 14.5 Å². The minimum Gasteiger partial charge on any atom is -0.450 e. The Bertz CT molecular complexity index is 2850. The third kappa shape index (κ3) is 4.87. The second-order valence-electron chi connectivity index (χ2n) is 12.7. The average molecular weight is 672 g/mol. The van der Waals surface area contributed by atoms with Crippen molar-refractivity contribution in [1.29, 1.82) is 5.41 Å². The predicted octanol–water partition coefficient (Wildman–Crippen LogP) is 11.7. The van der Waals surface area contributed by atoms with Crippen LogP contribution >= 0.6 is 0 Å². The maximum atomic E-state index is 8.51. The van der Waals surface area contributed by atoms with E-state index < -0.39 is 0 Å². The van der Waals surface area contributed by atoms with Crippen molar-refractivity contribution in [2.24, 2.45) is 0 Å². The third-order valence-corrected chi connectivity index (χ3v) is 9.57. The van der Waals surface area contributed by atoms with Crippen LogP contribution in [-0.2, 0) is 0 Å². The maximum Gasteiger partial charge on any atom is 0.235 e. The summed E-state index contributed by atoms with van der Waals surface area (Å²) in [4.78, 5) is 10.3. The van der Waals surface area contributed by atoms with Crippen molar-refractivity contribution in [3.05, 3.63) is 163 Å². The molecular weight excluding hydrogens is 643 g/mol. The highest BCUT2D eigenvalue weighted by molar-refractivity contribution is 6.21. The molecule has 1 aliphatic rings. The van der Waals surface area contributed by atoms with Crippen LogP contribution in [0.3, 0.4) is 0 Å². The number of aromatic nitrogens is 3. The molecule has 0 fully saturated rings. The number of para-hydroxylation sites is 3. The lowest BCUT2D eigenvalue weighted by Crippen LogP contribution is -2.09. The summed E-state index contributed by atoms with van der Waals surface area (Å²) in [5, 5.41) is 16.5. The van der Waals surface area contributed by atoms with E-state index in [0.29, 0.717) is 46.0 Å². The number of fused-ring (bicyclic) bond motifs is 7. The summed E-state index contributed by atoms with van der Waals surface area (Å²) >= 11 is 0. The van der Waals surface area contributed by atoms with Crippen LogP contribution in [-0.4, -0.2) is 20.7 Å². The number of nitrogens with zero attached hydrogens (tertiary/aromatic N) is 3. The largest absolute Gasteiger partial charge is 0.450 e. The van der Waals surface area contributed by atoms with Gasteiger partial charge in [0, 0.05) is 28.2 Å². The van der Waals surface area contributed by atoms with Gasteiger partial charge >= 0.3 is 0 Å². The molecule has 0 aliphatic carbocycles. The fourth-order valence-corrected chi connectivity index (χ4v) is 7.16. The van der Waals surface area contributed by atoms with E-state index in [0.717, 1.165) is 55.0 Å². The van der Waals surface area contributed by atoms with Gasteiger partial charge in [-0.25, -0.2) is 9.97 Å². The Morgan fingerprint density at radius 1 is 0.538 bits per heavy atom. The summed E-state index contributed by atoms with van der Waals surface area (Å²) in [5.74, 6) is 3.24. The fraction of sp³-hybridized carbons (Fsp3) is 0. The second-order valence-corrected chi connectivity index (χ2v) is 12.7. The Hall–Kier alpha value is -7.25. The first-order valence-electron chi connectivity index (χ1n) is 17.1. The lowest BCUT2D eigenvalue weighted by Gasteiger charge is -2.21. The van der Waals surface area contributed by atoms with Gasteiger partial charge in [0.2, 0.25) is 5.95 Å². The maximum absolute atomic E-state index is 8.51. The van der Waals surface area contributed by atoms with Crippen LogP contribution in [0.15, 0.2) is 158 Å². The van der Waals surface area contributed by atoms with E-state index in [1.165, 1.54) is 6.21 Å². The van der Waals surface area contributed by atoms with Crippen molar-refractivity contribution in [3.63, 3.8) is 0 Å². The minimum atomic E-state index is 0.483. The van der Waals surface area contributed by atoms with Gasteiger partial charge in [0.25, 0.3) is 0 Å². The van der Waals surface area contributed by atoms with E-state index in [1.54, 1.807) is 0 Å². The lowest BCUT2D eigenvalue weighted by molar-refractivity contribution is 0.360. The average Bonchev–Trinajstić information content (AvgIpc) is 3.55. The summed E-state index contributed by atoms with van der Waals surface area (Å²) in [6.07, 6.45) is 1.30. The van der Waals surface area contributed by atoms with Crippen LogP contribution in [0.4, 0.5) is 11.4 Å². The van der Waals surface area contributed by atoms with Gasteiger partial charge in [-0.15, -0.1) is 0 Å². The van der Waals surface area contributed by atoms with E-state index in [9.17, 15) is 0 Å². The number of nitrogens with one attached hydrogen (secondary N) is 2. The van der Waals surface area contributed by atoms with Crippen molar-refractivity contribution in [2.45, 2.75) is 0 Å². The molecule has 0 atom stereocenters. The quantitative estimate of drug-likeness (QED) is 0.172. The van der Waals surface area contributed by atoms with Gasteiger partial charge in [0.05, 0.1) is 16.7 Å². The number of benzene rings is 7. The molecule has 52 heavy (non-hydrogen) atoms.